The number of benzene rings is 2. The summed E-state index contributed by atoms with van der Waals surface area (Å²) in [5.41, 5.74) is 7.53. The molecule has 0 fully saturated rings. The molecule has 1 N–H and O–H groups in total. The van der Waals surface area contributed by atoms with Crippen LogP contribution in [0.2, 0.25) is 0 Å². The van der Waals surface area contributed by atoms with Crippen molar-refractivity contribution >= 4 is 0 Å². The number of hydrogen-bond donors (Lipinski definition) is 1. The van der Waals surface area contributed by atoms with E-state index in [9.17, 15) is 0 Å². The Morgan fingerprint density at radius 1 is 0.893 bits per heavy atom. The maximum atomic E-state index is 5.98. The summed E-state index contributed by atoms with van der Waals surface area (Å²) in [6.45, 7) is 8.56. The lowest BCUT2D eigenvalue weighted by molar-refractivity contribution is 0.283. The van der Waals surface area contributed by atoms with Crippen LogP contribution in [0, 0.1) is 20.8 Å². The summed E-state index contributed by atoms with van der Waals surface area (Å²) in [6.07, 6.45) is 3.57. The highest BCUT2D eigenvalue weighted by molar-refractivity contribution is 5.43. The molecule has 3 aromatic rings. The van der Waals surface area contributed by atoms with Gasteiger partial charge in [0.05, 0.1) is 7.11 Å². The molecule has 0 radical (unpaired) electrons. The Balaban J connectivity index is 1.64. The van der Waals surface area contributed by atoms with Crippen LogP contribution in [0.15, 0.2) is 54.9 Å². The van der Waals surface area contributed by atoms with Gasteiger partial charge >= 0.3 is 0 Å². The minimum Gasteiger partial charge on any atom is -0.493 e. The molecular formula is C24H28N2O2. The molecule has 1 aromatic heterocycles. The van der Waals surface area contributed by atoms with E-state index in [2.05, 4.69) is 49.3 Å². The SMILES string of the molecule is COc1ccc(CNCc2c(C)cc(C)cc2C)cc1OCc1cccnc1. The molecule has 2 aromatic carbocycles. The Kier molecular flexibility index (Phi) is 6.66. The Morgan fingerprint density at radius 2 is 1.68 bits per heavy atom. The molecule has 4 heteroatoms. The first-order valence-electron chi connectivity index (χ1n) is 9.53. The highest BCUT2D eigenvalue weighted by atomic mass is 16.5. The van der Waals surface area contributed by atoms with E-state index < -0.39 is 0 Å². The molecule has 0 aliphatic heterocycles. The van der Waals surface area contributed by atoms with E-state index >= 15 is 0 Å². The lowest BCUT2D eigenvalue weighted by atomic mass is 10.00. The van der Waals surface area contributed by atoms with Crippen molar-refractivity contribution in [2.24, 2.45) is 0 Å². The molecule has 0 unspecified atom stereocenters. The quantitative estimate of drug-likeness (QED) is 0.608. The van der Waals surface area contributed by atoms with Gasteiger partial charge in [-0.05, 0) is 61.2 Å². The maximum Gasteiger partial charge on any atom is 0.161 e. The van der Waals surface area contributed by atoms with Crippen molar-refractivity contribution in [3.63, 3.8) is 0 Å². The van der Waals surface area contributed by atoms with Gasteiger partial charge in [-0.15, -0.1) is 0 Å². The molecule has 0 spiro atoms. The first-order valence-corrected chi connectivity index (χ1v) is 9.53. The van der Waals surface area contributed by atoms with Gasteiger partial charge in [-0.2, -0.15) is 0 Å². The third kappa shape index (κ3) is 5.11. The van der Waals surface area contributed by atoms with Crippen LogP contribution in [-0.2, 0) is 19.7 Å². The minimum atomic E-state index is 0.461. The van der Waals surface area contributed by atoms with Gasteiger partial charge in [0.1, 0.15) is 6.61 Å². The number of methoxy groups -OCH3 is 1. The topological polar surface area (TPSA) is 43.4 Å². The van der Waals surface area contributed by atoms with Gasteiger partial charge in [0.25, 0.3) is 0 Å². The number of aromatic nitrogens is 1. The average molecular weight is 377 g/mol. The summed E-state index contributed by atoms with van der Waals surface area (Å²) >= 11 is 0. The summed E-state index contributed by atoms with van der Waals surface area (Å²) in [7, 11) is 1.66. The molecule has 0 atom stereocenters. The van der Waals surface area contributed by atoms with Gasteiger partial charge in [-0.25, -0.2) is 0 Å². The third-order valence-electron chi connectivity index (χ3n) is 4.82. The molecule has 0 aliphatic carbocycles. The summed E-state index contributed by atoms with van der Waals surface area (Å²) in [5, 5.41) is 3.55. The number of ether oxygens (including phenoxy) is 2. The van der Waals surface area contributed by atoms with Gasteiger partial charge in [-0.1, -0.05) is 29.8 Å². The second-order valence-electron chi connectivity index (χ2n) is 7.12. The second-order valence-corrected chi connectivity index (χ2v) is 7.12. The van der Waals surface area contributed by atoms with Crippen LogP contribution in [0.4, 0.5) is 0 Å². The van der Waals surface area contributed by atoms with E-state index in [0.717, 1.165) is 35.7 Å². The van der Waals surface area contributed by atoms with Crippen LogP contribution in [0.1, 0.15) is 33.4 Å². The van der Waals surface area contributed by atoms with Crippen molar-refractivity contribution in [3.8, 4) is 11.5 Å². The number of rotatable bonds is 8. The average Bonchev–Trinajstić information content (AvgIpc) is 2.69. The molecule has 0 amide bonds. The van der Waals surface area contributed by atoms with E-state index in [4.69, 9.17) is 9.47 Å². The van der Waals surface area contributed by atoms with Gasteiger partial charge in [0, 0.05) is 31.0 Å². The van der Waals surface area contributed by atoms with Crippen LogP contribution >= 0.6 is 0 Å². The van der Waals surface area contributed by atoms with E-state index in [1.165, 1.54) is 22.3 Å². The molecule has 1 heterocycles. The van der Waals surface area contributed by atoms with Crippen LogP contribution in [-0.4, -0.2) is 12.1 Å². The predicted octanol–water partition coefficient (Wildman–Crippen LogP) is 4.88. The summed E-state index contributed by atoms with van der Waals surface area (Å²) in [4.78, 5) is 4.12. The highest BCUT2D eigenvalue weighted by Crippen LogP contribution is 2.29. The molecule has 0 bridgehead atoms. The second kappa shape index (κ2) is 9.38. The molecule has 146 valence electrons. The molecule has 4 nitrogen and oxygen atoms in total. The third-order valence-corrected chi connectivity index (χ3v) is 4.82. The molecule has 0 saturated heterocycles. The van der Waals surface area contributed by atoms with E-state index in [0.29, 0.717) is 6.61 Å². The minimum absolute atomic E-state index is 0.461. The Morgan fingerprint density at radius 3 is 2.36 bits per heavy atom. The molecule has 0 saturated carbocycles. The smallest absolute Gasteiger partial charge is 0.161 e. The highest BCUT2D eigenvalue weighted by Gasteiger charge is 2.08. The number of hydrogen-bond acceptors (Lipinski definition) is 4. The number of pyridine rings is 1. The summed E-state index contributed by atoms with van der Waals surface area (Å²) in [6, 6.07) is 14.4. The zero-order valence-electron chi connectivity index (χ0n) is 17.1. The van der Waals surface area contributed by atoms with Gasteiger partial charge in [0.15, 0.2) is 11.5 Å². The first kappa shape index (κ1) is 19.9. The number of nitrogens with one attached hydrogen (secondary N) is 1. The van der Waals surface area contributed by atoms with Crippen molar-refractivity contribution in [3.05, 3.63) is 88.2 Å². The van der Waals surface area contributed by atoms with Gasteiger partial charge in [-0.3, -0.25) is 4.98 Å². The van der Waals surface area contributed by atoms with Crippen LogP contribution in [0.25, 0.3) is 0 Å². The van der Waals surface area contributed by atoms with Crippen molar-refractivity contribution < 1.29 is 9.47 Å². The normalized spacial score (nSPS) is 10.7. The Labute approximate surface area is 167 Å². The van der Waals surface area contributed by atoms with Gasteiger partial charge in [0.2, 0.25) is 0 Å². The zero-order valence-corrected chi connectivity index (χ0v) is 17.1. The van der Waals surface area contributed by atoms with Crippen molar-refractivity contribution in [1.29, 1.82) is 0 Å². The fraction of sp³-hybridized carbons (Fsp3) is 0.292. The fourth-order valence-electron chi connectivity index (χ4n) is 3.41. The standard InChI is InChI=1S/C24H28N2O2/c1-17-10-18(2)22(19(3)11-17)15-26-13-20-7-8-23(27-4)24(12-20)28-16-21-6-5-9-25-14-21/h5-12,14,26H,13,15-16H2,1-4H3. The molecule has 0 aliphatic rings. The summed E-state index contributed by atoms with van der Waals surface area (Å²) in [5.74, 6) is 1.48. The monoisotopic (exact) mass is 376 g/mol. The van der Waals surface area contributed by atoms with Crippen molar-refractivity contribution in [2.75, 3.05) is 7.11 Å². The molecule has 28 heavy (non-hydrogen) atoms. The van der Waals surface area contributed by atoms with E-state index in [1.807, 2.05) is 30.5 Å². The van der Waals surface area contributed by atoms with E-state index in [1.54, 1.807) is 13.3 Å². The van der Waals surface area contributed by atoms with Crippen molar-refractivity contribution in [1.82, 2.24) is 10.3 Å². The lowest BCUT2D eigenvalue weighted by Crippen LogP contribution is -2.15. The Hall–Kier alpha value is -2.85. The zero-order chi connectivity index (χ0) is 19.9. The number of nitrogens with zero attached hydrogens (tertiary/aromatic N) is 1. The largest absolute Gasteiger partial charge is 0.493 e. The van der Waals surface area contributed by atoms with E-state index in [-0.39, 0.29) is 0 Å². The summed E-state index contributed by atoms with van der Waals surface area (Å²) < 4.78 is 11.4. The van der Waals surface area contributed by atoms with Crippen LogP contribution in [0.3, 0.4) is 0 Å². The Bertz CT molecular complexity index is 900. The van der Waals surface area contributed by atoms with Crippen molar-refractivity contribution in [2.45, 2.75) is 40.5 Å². The van der Waals surface area contributed by atoms with Crippen LogP contribution in [0.5, 0.6) is 11.5 Å². The van der Waals surface area contributed by atoms with Crippen LogP contribution < -0.4 is 14.8 Å². The lowest BCUT2D eigenvalue weighted by Gasteiger charge is -2.14. The number of aryl methyl sites for hydroxylation is 3. The molecular weight excluding hydrogens is 348 g/mol. The maximum absolute atomic E-state index is 5.98. The molecule has 3 rings (SSSR count). The predicted molar refractivity (Wildman–Crippen MR) is 113 cm³/mol. The first-order chi connectivity index (χ1) is 13.6. The fourth-order valence-corrected chi connectivity index (χ4v) is 3.41. The van der Waals surface area contributed by atoms with Gasteiger partial charge < -0.3 is 14.8 Å².